The first kappa shape index (κ1) is 12.3. The van der Waals surface area contributed by atoms with E-state index in [1.165, 1.54) is 6.92 Å². The lowest BCUT2D eigenvalue weighted by molar-refractivity contribution is -0.119. The van der Waals surface area contributed by atoms with Crippen LogP contribution in [0.25, 0.3) is 0 Å². The molecule has 2 unspecified atom stereocenters. The fourth-order valence-electron chi connectivity index (χ4n) is 0.653. The topological polar surface area (TPSA) is 122 Å². The molecule has 0 aromatic carbocycles. The highest BCUT2D eigenvalue weighted by molar-refractivity contribution is 5.79. The zero-order chi connectivity index (χ0) is 10.5. The van der Waals surface area contributed by atoms with Crippen molar-refractivity contribution < 1.29 is 15.0 Å². The van der Waals surface area contributed by atoms with E-state index in [9.17, 15) is 9.90 Å². The molecule has 7 N–H and O–H groups in total. The second-order valence-electron chi connectivity index (χ2n) is 3.29. The molecule has 0 heterocycles. The summed E-state index contributed by atoms with van der Waals surface area (Å²) < 4.78 is 0. The van der Waals surface area contributed by atoms with E-state index < -0.39 is 17.6 Å². The third-order valence-electron chi connectivity index (χ3n) is 1.58. The van der Waals surface area contributed by atoms with E-state index in [1.54, 1.807) is 0 Å². The summed E-state index contributed by atoms with van der Waals surface area (Å²) >= 11 is 0. The smallest absolute Gasteiger partial charge is 0.235 e. The summed E-state index contributed by atoms with van der Waals surface area (Å²) in [6, 6.07) is -0.769. The average Bonchev–Trinajstić information content (AvgIpc) is 2.04. The van der Waals surface area contributed by atoms with Gasteiger partial charge in [0.2, 0.25) is 5.91 Å². The van der Waals surface area contributed by atoms with Gasteiger partial charge in [0.05, 0.1) is 18.2 Å². The molecule has 0 aliphatic heterocycles. The SMILES string of the molecule is CC(O)(CO)CNCC(N)C(N)=O. The highest BCUT2D eigenvalue weighted by Crippen LogP contribution is 1.97. The Hall–Kier alpha value is -0.690. The number of amides is 1. The Morgan fingerprint density at radius 1 is 1.69 bits per heavy atom. The third kappa shape index (κ3) is 5.53. The Kier molecular flexibility index (Phi) is 4.86. The van der Waals surface area contributed by atoms with Crippen molar-refractivity contribution in [3.05, 3.63) is 0 Å². The molecular formula is C7H17N3O3. The predicted molar refractivity (Wildman–Crippen MR) is 47.7 cm³/mol. The van der Waals surface area contributed by atoms with Gasteiger partial charge in [-0.1, -0.05) is 0 Å². The van der Waals surface area contributed by atoms with Gasteiger partial charge in [0.15, 0.2) is 0 Å². The van der Waals surface area contributed by atoms with Gasteiger partial charge >= 0.3 is 0 Å². The summed E-state index contributed by atoms with van der Waals surface area (Å²) in [5.74, 6) is -0.601. The summed E-state index contributed by atoms with van der Waals surface area (Å²) in [5.41, 5.74) is 9.01. The molecule has 0 radical (unpaired) electrons. The lowest BCUT2D eigenvalue weighted by Gasteiger charge is -2.21. The van der Waals surface area contributed by atoms with Gasteiger partial charge in [0.25, 0.3) is 0 Å². The molecule has 0 aliphatic carbocycles. The van der Waals surface area contributed by atoms with Crippen molar-refractivity contribution in [2.75, 3.05) is 19.7 Å². The lowest BCUT2D eigenvalue weighted by Crippen LogP contribution is -2.48. The van der Waals surface area contributed by atoms with E-state index >= 15 is 0 Å². The quantitative estimate of drug-likeness (QED) is 0.309. The molecule has 0 saturated carbocycles. The van der Waals surface area contributed by atoms with Gasteiger partial charge in [-0.05, 0) is 6.92 Å². The van der Waals surface area contributed by atoms with Crippen LogP contribution in [0.3, 0.4) is 0 Å². The van der Waals surface area contributed by atoms with Crippen LogP contribution < -0.4 is 16.8 Å². The van der Waals surface area contributed by atoms with Crippen LogP contribution in [0, 0.1) is 0 Å². The van der Waals surface area contributed by atoms with Crippen LogP contribution in [0.1, 0.15) is 6.92 Å². The molecule has 0 fully saturated rings. The van der Waals surface area contributed by atoms with E-state index in [1.807, 2.05) is 0 Å². The first-order valence-electron chi connectivity index (χ1n) is 3.98. The normalized spacial score (nSPS) is 17.8. The largest absolute Gasteiger partial charge is 0.393 e. The fourth-order valence-corrected chi connectivity index (χ4v) is 0.653. The van der Waals surface area contributed by atoms with Crippen LogP contribution in [0.2, 0.25) is 0 Å². The van der Waals surface area contributed by atoms with Gasteiger partial charge < -0.3 is 27.0 Å². The zero-order valence-corrected chi connectivity index (χ0v) is 7.66. The number of primary amides is 1. The van der Waals surface area contributed by atoms with Crippen LogP contribution in [-0.4, -0.2) is 47.5 Å². The molecule has 0 aliphatic rings. The van der Waals surface area contributed by atoms with E-state index in [0.717, 1.165) is 0 Å². The molecule has 78 valence electrons. The molecule has 0 aromatic rings. The number of carbonyl (C=O) groups is 1. The second-order valence-corrected chi connectivity index (χ2v) is 3.29. The number of aliphatic hydroxyl groups excluding tert-OH is 1. The lowest BCUT2D eigenvalue weighted by atomic mass is 10.1. The van der Waals surface area contributed by atoms with E-state index in [0.29, 0.717) is 0 Å². The molecule has 6 heteroatoms. The van der Waals surface area contributed by atoms with Gasteiger partial charge in [-0.3, -0.25) is 4.79 Å². The number of nitrogens with one attached hydrogen (secondary N) is 1. The van der Waals surface area contributed by atoms with Crippen molar-refractivity contribution in [1.82, 2.24) is 5.32 Å². The molecular weight excluding hydrogens is 174 g/mol. The number of hydrogen-bond acceptors (Lipinski definition) is 5. The van der Waals surface area contributed by atoms with Gasteiger partial charge in [-0.15, -0.1) is 0 Å². The number of hydrogen-bond donors (Lipinski definition) is 5. The highest BCUT2D eigenvalue weighted by atomic mass is 16.3. The van der Waals surface area contributed by atoms with E-state index in [2.05, 4.69) is 5.32 Å². The maximum absolute atomic E-state index is 10.5. The molecule has 0 rings (SSSR count). The Labute approximate surface area is 76.9 Å². The number of nitrogens with two attached hydrogens (primary N) is 2. The van der Waals surface area contributed by atoms with Crippen molar-refractivity contribution >= 4 is 5.91 Å². The molecule has 0 aromatic heterocycles. The summed E-state index contributed by atoms with van der Waals surface area (Å²) in [5, 5.41) is 20.7. The van der Waals surface area contributed by atoms with E-state index in [-0.39, 0.29) is 19.7 Å². The summed E-state index contributed by atoms with van der Waals surface area (Å²) in [7, 11) is 0. The average molecular weight is 191 g/mol. The second kappa shape index (κ2) is 5.13. The van der Waals surface area contributed by atoms with Crippen molar-refractivity contribution in [3.8, 4) is 0 Å². The molecule has 0 saturated heterocycles. The first-order chi connectivity index (χ1) is 5.89. The van der Waals surface area contributed by atoms with Gasteiger partial charge in [-0.25, -0.2) is 0 Å². The zero-order valence-electron chi connectivity index (χ0n) is 7.66. The van der Waals surface area contributed by atoms with Crippen molar-refractivity contribution in [1.29, 1.82) is 0 Å². The maximum atomic E-state index is 10.5. The Morgan fingerprint density at radius 3 is 2.62 bits per heavy atom. The first-order valence-corrected chi connectivity index (χ1v) is 3.98. The monoisotopic (exact) mass is 191 g/mol. The molecule has 6 nitrogen and oxygen atoms in total. The highest BCUT2D eigenvalue weighted by Gasteiger charge is 2.19. The minimum Gasteiger partial charge on any atom is -0.393 e. The maximum Gasteiger partial charge on any atom is 0.235 e. The summed E-state index contributed by atoms with van der Waals surface area (Å²) in [6.07, 6.45) is 0. The Morgan fingerprint density at radius 2 is 2.23 bits per heavy atom. The van der Waals surface area contributed by atoms with Crippen molar-refractivity contribution in [2.24, 2.45) is 11.5 Å². The van der Waals surface area contributed by atoms with Crippen LogP contribution >= 0.6 is 0 Å². The van der Waals surface area contributed by atoms with Gasteiger partial charge in [0.1, 0.15) is 0 Å². The number of carbonyl (C=O) groups excluding carboxylic acids is 1. The van der Waals surface area contributed by atoms with Crippen LogP contribution in [0.15, 0.2) is 0 Å². The van der Waals surface area contributed by atoms with E-state index in [4.69, 9.17) is 16.6 Å². The minimum absolute atomic E-state index is 0.157. The molecule has 1 amide bonds. The number of aliphatic hydroxyl groups is 2. The molecule has 0 bridgehead atoms. The summed E-state index contributed by atoms with van der Waals surface area (Å²) in [4.78, 5) is 10.5. The predicted octanol–water partition coefficient (Wildman–Crippen LogP) is -2.87. The van der Waals surface area contributed by atoms with Crippen LogP contribution in [-0.2, 0) is 4.79 Å². The van der Waals surface area contributed by atoms with Crippen molar-refractivity contribution in [2.45, 2.75) is 18.6 Å². The molecule has 2 atom stereocenters. The Balaban J connectivity index is 3.62. The van der Waals surface area contributed by atoms with Crippen LogP contribution in [0.5, 0.6) is 0 Å². The Bertz CT molecular complexity index is 172. The van der Waals surface area contributed by atoms with Crippen LogP contribution in [0.4, 0.5) is 0 Å². The number of rotatable bonds is 6. The summed E-state index contributed by atoms with van der Waals surface area (Å²) in [6.45, 7) is 1.46. The van der Waals surface area contributed by atoms with Crippen molar-refractivity contribution in [3.63, 3.8) is 0 Å². The minimum atomic E-state index is -1.20. The fraction of sp³-hybridized carbons (Fsp3) is 0.857. The molecule has 0 spiro atoms. The standard InChI is InChI=1S/C7H17N3O3/c1-7(13,4-11)3-10-2-5(8)6(9)12/h5,10-11,13H,2-4,8H2,1H3,(H2,9,12). The third-order valence-corrected chi connectivity index (χ3v) is 1.58. The molecule has 13 heavy (non-hydrogen) atoms. The van der Waals surface area contributed by atoms with Gasteiger partial charge in [0, 0.05) is 13.1 Å². The van der Waals surface area contributed by atoms with Gasteiger partial charge in [-0.2, -0.15) is 0 Å².